The molecule has 3 nitrogen and oxygen atoms in total. The second-order valence-corrected chi connectivity index (χ2v) is 5.15. The van der Waals surface area contributed by atoms with Crippen molar-refractivity contribution in [1.82, 2.24) is 0 Å². The second kappa shape index (κ2) is 6.10. The van der Waals surface area contributed by atoms with Crippen LogP contribution in [0.1, 0.15) is 27.7 Å². The molecular formula is C14H20ClNO2. The molecule has 1 aromatic rings. The van der Waals surface area contributed by atoms with Crippen molar-refractivity contribution < 1.29 is 9.53 Å². The third-order valence-corrected chi connectivity index (χ3v) is 3.32. The first-order valence-corrected chi connectivity index (χ1v) is 6.49. The van der Waals surface area contributed by atoms with Gasteiger partial charge in [0.1, 0.15) is 5.54 Å². The predicted molar refractivity (Wildman–Crippen MR) is 75.0 cm³/mol. The number of nitrogens with one attached hydrogen (secondary N) is 1. The number of hydrogen-bond acceptors (Lipinski definition) is 3. The molecule has 0 spiro atoms. The Balaban J connectivity index is 2.96. The lowest BCUT2D eigenvalue weighted by Crippen LogP contribution is -2.49. The van der Waals surface area contributed by atoms with Crippen LogP contribution >= 0.6 is 11.6 Å². The van der Waals surface area contributed by atoms with Crippen LogP contribution in [0.4, 0.5) is 5.69 Å². The number of esters is 1. The normalized spacial score (nSPS) is 14.1. The van der Waals surface area contributed by atoms with Crippen molar-refractivity contribution in [3.63, 3.8) is 0 Å². The van der Waals surface area contributed by atoms with E-state index < -0.39 is 5.54 Å². The molecule has 1 unspecified atom stereocenters. The van der Waals surface area contributed by atoms with Crippen LogP contribution in [0.3, 0.4) is 0 Å². The molecule has 1 aromatic carbocycles. The Bertz CT molecular complexity index is 420. The van der Waals surface area contributed by atoms with E-state index in [1.807, 2.05) is 32.9 Å². The van der Waals surface area contributed by atoms with Crippen molar-refractivity contribution in [1.29, 1.82) is 0 Å². The number of carbonyl (C=O) groups excluding carboxylic acids is 1. The fourth-order valence-corrected chi connectivity index (χ4v) is 1.77. The lowest BCUT2D eigenvalue weighted by Gasteiger charge is -2.33. The van der Waals surface area contributed by atoms with Gasteiger partial charge in [-0.15, -0.1) is 0 Å². The Hall–Kier alpha value is -1.22. The van der Waals surface area contributed by atoms with Crippen molar-refractivity contribution in [2.45, 2.75) is 33.2 Å². The first kappa shape index (κ1) is 14.8. The Kier molecular flexibility index (Phi) is 5.03. The molecule has 0 aliphatic heterocycles. The molecule has 0 amide bonds. The summed E-state index contributed by atoms with van der Waals surface area (Å²) >= 11 is 5.94. The lowest BCUT2D eigenvalue weighted by molar-refractivity contribution is -0.149. The van der Waals surface area contributed by atoms with Crippen molar-refractivity contribution >= 4 is 23.3 Å². The molecule has 1 rings (SSSR count). The average Bonchev–Trinajstić information content (AvgIpc) is 2.28. The Labute approximate surface area is 113 Å². The van der Waals surface area contributed by atoms with Gasteiger partial charge in [-0.25, -0.2) is 4.79 Å². The number of ether oxygens (including phenoxy) is 1. The first-order chi connectivity index (χ1) is 8.40. The standard InChI is InChI=1S/C14H20ClNO2/c1-5-18-13(17)14(4,10(2)3)16-12-8-6-7-11(15)9-12/h6-10,16H,5H2,1-4H3. The van der Waals surface area contributed by atoms with Crippen LogP contribution in [0.2, 0.25) is 5.02 Å². The summed E-state index contributed by atoms with van der Waals surface area (Å²) in [7, 11) is 0. The maximum Gasteiger partial charge on any atom is 0.331 e. The molecule has 0 fully saturated rings. The molecule has 0 saturated carbocycles. The van der Waals surface area contributed by atoms with E-state index in [0.717, 1.165) is 5.69 Å². The smallest absolute Gasteiger partial charge is 0.331 e. The summed E-state index contributed by atoms with van der Waals surface area (Å²) < 4.78 is 5.14. The first-order valence-electron chi connectivity index (χ1n) is 6.11. The molecule has 4 heteroatoms. The summed E-state index contributed by atoms with van der Waals surface area (Å²) in [4.78, 5) is 12.1. The molecule has 18 heavy (non-hydrogen) atoms. The number of halogens is 1. The quantitative estimate of drug-likeness (QED) is 0.828. The van der Waals surface area contributed by atoms with Gasteiger partial charge in [0.05, 0.1) is 6.61 Å². The van der Waals surface area contributed by atoms with Crippen molar-refractivity contribution in [3.8, 4) is 0 Å². The summed E-state index contributed by atoms with van der Waals surface area (Å²) in [5.74, 6) is -0.157. The monoisotopic (exact) mass is 269 g/mol. The Morgan fingerprint density at radius 2 is 2.17 bits per heavy atom. The van der Waals surface area contributed by atoms with Gasteiger partial charge in [0.2, 0.25) is 0 Å². The predicted octanol–water partition coefficient (Wildman–Crippen LogP) is 3.73. The maximum absolute atomic E-state index is 12.1. The number of carbonyl (C=O) groups is 1. The van der Waals surface area contributed by atoms with Crippen LogP contribution in [0, 0.1) is 5.92 Å². The van der Waals surface area contributed by atoms with Gasteiger partial charge in [0, 0.05) is 10.7 Å². The van der Waals surface area contributed by atoms with Gasteiger partial charge < -0.3 is 10.1 Å². The largest absolute Gasteiger partial charge is 0.464 e. The Morgan fingerprint density at radius 1 is 1.50 bits per heavy atom. The van der Waals surface area contributed by atoms with E-state index in [2.05, 4.69) is 5.32 Å². The minimum absolute atomic E-state index is 0.0931. The number of benzene rings is 1. The SMILES string of the molecule is CCOC(=O)C(C)(Nc1cccc(Cl)c1)C(C)C. The molecular weight excluding hydrogens is 250 g/mol. The summed E-state index contributed by atoms with van der Waals surface area (Å²) in [6, 6.07) is 7.31. The van der Waals surface area contributed by atoms with E-state index in [4.69, 9.17) is 16.3 Å². The van der Waals surface area contributed by atoms with E-state index >= 15 is 0 Å². The zero-order chi connectivity index (χ0) is 13.8. The molecule has 0 aliphatic carbocycles. The summed E-state index contributed by atoms with van der Waals surface area (Å²) in [6.07, 6.45) is 0. The minimum Gasteiger partial charge on any atom is -0.464 e. The molecule has 0 heterocycles. The topological polar surface area (TPSA) is 38.3 Å². The molecule has 100 valence electrons. The van der Waals surface area contributed by atoms with Crippen LogP contribution in [0.25, 0.3) is 0 Å². The van der Waals surface area contributed by atoms with Crippen LogP contribution in [-0.2, 0) is 9.53 Å². The minimum atomic E-state index is -0.763. The van der Waals surface area contributed by atoms with Gasteiger partial charge in [0.15, 0.2) is 0 Å². The number of rotatable bonds is 5. The van der Waals surface area contributed by atoms with Gasteiger partial charge in [0.25, 0.3) is 0 Å². The molecule has 1 atom stereocenters. The van der Waals surface area contributed by atoms with Gasteiger partial charge in [-0.1, -0.05) is 31.5 Å². The van der Waals surface area contributed by atoms with Gasteiger partial charge in [-0.2, -0.15) is 0 Å². The van der Waals surface area contributed by atoms with Gasteiger partial charge in [-0.05, 0) is 38.0 Å². The van der Waals surface area contributed by atoms with Crippen LogP contribution in [0.5, 0.6) is 0 Å². The van der Waals surface area contributed by atoms with Crippen molar-refractivity contribution in [2.24, 2.45) is 5.92 Å². The van der Waals surface area contributed by atoms with Crippen LogP contribution in [0.15, 0.2) is 24.3 Å². The van der Waals surface area contributed by atoms with E-state index in [0.29, 0.717) is 11.6 Å². The molecule has 0 aliphatic rings. The van der Waals surface area contributed by atoms with Gasteiger partial charge in [-0.3, -0.25) is 0 Å². The fraction of sp³-hybridized carbons (Fsp3) is 0.500. The van der Waals surface area contributed by atoms with E-state index in [9.17, 15) is 4.79 Å². The average molecular weight is 270 g/mol. The molecule has 0 radical (unpaired) electrons. The van der Waals surface area contributed by atoms with Crippen LogP contribution < -0.4 is 5.32 Å². The van der Waals surface area contributed by atoms with Crippen LogP contribution in [-0.4, -0.2) is 18.1 Å². The van der Waals surface area contributed by atoms with Gasteiger partial charge >= 0.3 is 5.97 Å². The molecule has 0 bridgehead atoms. The summed E-state index contributed by atoms with van der Waals surface area (Å²) in [5, 5.41) is 3.86. The third-order valence-electron chi connectivity index (χ3n) is 3.08. The zero-order valence-corrected chi connectivity index (χ0v) is 12.0. The second-order valence-electron chi connectivity index (χ2n) is 4.71. The highest BCUT2D eigenvalue weighted by Gasteiger charge is 2.38. The summed E-state index contributed by atoms with van der Waals surface area (Å²) in [5.41, 5.74) is 0.0486. The lowest BCUT2D eigenvalue weighted by atomic mass is 9.88. The zero-order valence-electron chi connectivity index (χ0n) is 11.3. The highest BCUT2D eigenvalue weighted by atomic mass is 35.5. The number of hydrogen-bond donors (Lipinski definition) is 1. The number of anilines is 1. The van der Waals surface area contributed by atoms with Crippen molar-refractivity contribution in [2.75, 3.05) is 11.9 Å². The van der Waals surface area contributed by atoms with Crippen molar-refractivity contribution in [3.05, 3.63) is 29.3 Å². The molecule has 0 aromatic heterocycles. The molecule has 0 saturated heterocycles. The third kappa shape index (κ3) is 3.39. The molecule has 1 N–H and O–H groups in total. The van der Waals surface area contributed by atoms with E-state index in [-0.39, 0.29) is 11.9 Å². The highest BCUT2D eigenvalue weighted by Crippen LogP contribution is 2.26. The summed E-state index contributed by atoms with van der Waals surface area (Å²) in [6.45, 7) is 7.98. The van der Waals surface area contributed by atoms with E-state index in [1.54, 1.807) is 19.1 Å². The fourth-order valence-electron chi connectivity index (χ4n) is 1.58. The maximum atomic E-state index is 12.1. The Morgan fingerprint density at radius 3 is 2.67 bits per heavy atom. The van der Waals surface area contributed by atoms with E-state index in [1.165, 1.54) is 0 Å². The highest BCUT2D eigenvalue weighted by molar-refractivity contribution is 6.30.